The first-order valence-corrected chi connectivity index (χ1v) is 53.4. The van der Waals surface area contributed by atoms with E-state index in [1.54, 1.807) is 0 Å². The molecule has 0 saturated heterocycles. The summed E-state index contributed by atoms with van der Waals surface area (Å²) in [5, 5.41) is 9.66. The fourth-order valence-corrected chi connectivity index (χ4v) is 27.9. The summed E-state index contributed by atoms with van der Waals surface area (Å²) in [6.07, 6.45) is 16.4. The highest BCUT2D eigenvalue weighted by Crippen LogP contribution is 2.62. The monoisotopic (exact) mass is 1900 g/mol. The van der Waals surface area contributed by atoms with Crippen LogP contribution < -0.4 is 18.3 Å². The van der Waals surface area contributed by atoms with E-state index >= 15 is 0 Å². The van der Waals surface area contributed by atoms with Crippen LogP contribution in [0.5, 0.6) is 0 Å². The molecule has 8 heterocycles. The number of fused-ring (bicyclic) bond motifs is 26. The average Bonchev–Trinajstić information content (AvgIpc) is 1.74. The van der Waals surface area contributed by atoms with E-state index in [0.717, 1.165) is 57.5 Å². The average molecular weight is 1900 g/mol. The molecule has 726 valence electrons. The molecule has 0 radical (unpaired) electrons. The van der Waals surface area contributed by atoms with Crippen LogP contribution >= 0.6 is 0 Å². The molecule has 5 aliphatic rings. The van der Waals surface area contributed by atoms with Crippen molar-refractivity contribution in [1.29, 1.82) is 0 Å². The number of furan rings is 4. The Labute approximate surface area is 851 Å². The van der Waals surface area contributed by atoms with Gasteiger partial charge in [-0.05, 0) is 299 Å². The van der Waals surface area contributed by atoms with Gasteiger partial charge in [0.15, 0.2) is 24.8 Å². The van der Waals surface area contributed by atoms with Crippen molar-refractivity contribution in [2.24, 2.45) is 40.0 Å². The van der Waals surface area contributed by atoms with Crippen LogP contribution in [-0.4, -0.2) is 0 Å². The summed E-state index contributed by atoms with van der Waals surface area (Å²) >= 11 is 0. The van der Waals surface area contributed by atoms with Gasteiger partial charge in [0.05, 0.1) is 22.3 Å². The first-order chi connectivity index (χ1) is 68.9. The number of aromatic nitrogens is 4. The largest absolute Gasteiger partial charge is 0.455 e. The molecule has 8 aromatic heterocycles. The van der Waals surface area contributed by atoms with Crippen LogP contribution in [0.3, 0.4) is 0 Å². The van der Waals surface area contributed by atoms with E-state index in [2.05, 4.69) is 456 Å². The van der Waals surface area contributed by atoms with Gasteiger partial charge in [-0.3, -0.25) is 0 Å². The molecule has 0 bridgehead atoms. The number of rotatable bonds is 12. The Balaban J connectivity index is 0.000000110. The van der Waals surface area contributed by atoms with E-state index in [4.69, 9.17) is 17.7 Å². The first kappa shape index (κ1) is 95.3. The molecule has 12 aromatic carbocycles. The molecule has 0 atom stereocenters. The molecule has 0 amide bonds. The quantitative estimate of drug-likeness (QED) is 0.114. The maximum atomic E-state index is 6.85. The Morgan fingerprint density at radius 2 is 0.549 bits per heavy atom. The Morgan fingerprint density at radius 3 is 0.910 bits per heavy atom. The van der Waals surface area contributed by atoms with Crippen LogP contribution in [0.25, 0.3) is 177 Å². The van der Waals surface area contributed by atoms with E-state index in [9.17, 15) is 0 Å². The maximum Gasteiger partial charge on any atom is 0.216 e. The lowest BCUT2D eigenvalue weighted by molar-refractivity contribution is -0.661. The fraction of sp³-hybridized carbons (Fsp3) is 0.324. The molecule has 0 aliphatic heterocycles. The van der Waals surface area contributed by atoms with E-state index in [1.165, 1.54) is 270 Å². The summed E-state index contributed by atoms with van der Waals surface area (Å²) in [6.45, 7) is 54.6. The third kappa shape index (κ3) is 14.3. The van der Waals surface area contributed by atoms with Crippen molar-refractivity contribution in [3.05, 3.63) is 354 Å². The lowest BCUT2D eigenvalue weighted by atomic mass is 9.63. The van der Waals surface area contributed by atoms with Gasteiger partial charge in [0.2, 0.25) is 22.8 Å². The highest BCUT2D eigenvalue weighted by atomic mass is 16.3. The number of nitrogens with zero attached hydrogens (tertiary/aromatic N) is 4. The van der Waals surface area contributed by atoms with Crippen molar-refractivity contribution in [3.63, 3.8) is 0 Å². The summed E-state index contributed by atoms with van der Waals surface area (Å²) in [7, 11) is 8.63. The van der Waals surface area contributed by atoms with Gasteiger partial charge in [0, 0.05) is 111 Å². The summed E-state index contributed by atoms with van der Waals surface area (Å²) in [6, 6.07) is 82.2. The summed E-state index contributed by atoms with van der Waals surface area (Å²) in [4.78, 5) is 0. The van der Waals surface area contributed by atoms with Gasteiger partial charge in [0.25, 0.3) is 0 Å². The van der Waals surface area contributed by atoms with Gasteiger partial charge >= 0.3 is 0 Å². The maximum absolute atomic E-state index is 6.85. The highest BCUT2D eigenvalue weighted by molar-refractivity contribution is 6.16. The van der Waals surface area contributed by atoms with Gasteiger partial charge in [-0.1, -0.05) is 269 Å². The normalized spacial score (nSPS) is 14.7. The molecule has 5 aliphatic carbocycles. The minimum Gasteiger partial charge on any atom is -0.455 e. The second-order valence-corrected chi connectivity index (χ2v) is 45.8. The zero-order valence-electron chi connectivity index (χ0n) is 90.2. The van der Waals surface area contributed by atoms with Crippen LogP contribution in [0.2, 0.25) is 0 Å². The molecule has 1 saturated carbocycles. The Bertz CT molecular complexity index is 8660. The number of pyridine rings is 4. The number of hydrogen-bond acceptors (Lipinski definition) is 4. The van der Waals surface area contributed by atoms with Crippen LogP contribution in [0, 0.1) is 67.2 Å². The van der Waals surface area contributed by atoms with Crippen molar-refractivity contribution >= 4 is 87.8 Å². The molecule has 0 unspecified atom stereocenters. The van der Waals surface area contributed by atoms with Gasteiger partial charge < -0.3 is 17.7 Å². The summed E-state index contributed by atoms with van der Waals surface area (Å²) in [5.41, 5.74) is 56.0. The van der Waals surface area contributed by atoms with Gasteiger partial charge in [-0.2, -0.15) is 0 Å². The predicted octanol–water partition coefficient (Wildman–Crippen LogP) is 35.1. The lowest BCUT2D eigenvalue weighted by Crippen LogP contribution is -2.37. The lowest BCUT2D eigenvalue weighted by Gasteiger charge is -2.40. The highest BCUT2D eigenvalue weighted by Gasteiger charge is 2.50. The number of aryl methyl sites for hydroxylation is 12. The zero-order chi connectivity index (χ0) is 101. The van der Waals surface area contributed by atoms with Gasteiger partial charge in [0.1, 0.15) is 72.9 Å². The third-order valence-corrected chi connectivity index (χ3v) is 35.2. The van der Waals surface area contributed by atoms with Crippen molar-refractivity contribution in [1.82, 2.24) is 0 Å². The minimum absolute atomic E-state index is 0.0337. The molecule has 25 rings (SSSR count). The van der Waals surface area contributed by atoms with Crippen LogP contribution in [0.1, 0.15) is 284 Å². The SMILES string of the molecule is CCC1(CC)c2ccccc2-c2cc3c(cc21)oc1c(-c2cc(C)c(C(C)C)c[n+]2C)c(C)ccc13.Cc1cc(-c2c(C)ccc3c2oc2cc4c(cc23)-c2ccccc2C4(C(C)C)C(C)C)[n+](C)cc1C(C)C.Cc1cc(-c2c(C)ccc3c2oc2cc4c(cc23)-c2ccccc2C4(C)C)[n+](C)cc1C(C)C.Cc1cc(-c2c(C)ccc3c2oc2cc4c(cc23)C2(CCCC2)c2ccccc2-4)[n+](C)cc1C(C)C. The Hall–Kier alpha value is -13.6. The first-order valence-electron chi connectivity index (χ1n) is 53.4. The molecule has 1 spiro atoms. The van der Waals surface area contributed by atoms with Crippen LogP contribution in [0.4, 0.5) is 0 Å². The van der Waals surface area contributed by atoms with E-state index < -0.39 is 0 Å². The zero-order valence-corrected chi connectivity index (χ0v) is 90.2. The topological polar surface area (TPSA) is 68.1 Å². The van der Waals surface area contributed by atoms with Crippen molar-refractivity contribution in [3.8, 4) is 89.5 Å². The smallest absolute Gasteiger partial charge is 0.216 e. The Morgan fingerprint density at radius 1 is 0.264 bits per heavy atom. The van der Waals surface area contributed by atoms with Gasteiger partial charge in [-0.25, -0.2) is 18.3 Å². The van der Waals surface area contributed by atoms with E-state index in [1.807, 2.05) is 0 Å². The molecule has 1 fully saturated rings. The standard InChI is InChI=1S/C36H40NO.C34H34NO.C34H36NO.C32H32NO/c1-20(2)29-19-37(9)32(16-24(29)8)34-23(7)14-15-26-28-17-27-25-12-10-11-13-30(25)36(21(3)4,22(5)6)31(27)18-33(28)38-35(26)34;1-20(2)27-19-35(5)30(16-22(27)4)32-21(3)12-13-24-26-17-29-25(18-31(26)36-33(24)32)23-10-6-7-11-28(23)34(29)14-8-9-15-34;1-8-34(9-2)28-13-11-10-12-23(28)25-17-26-24-15-14-21(5)32(33(24)36-31(26)18-29(25)34)30-16-22(6)27(20(3)4)19-35(30)7;1-18(2)25-17-33(7)28(14-20(25)4)30-19(3)12-13-22-24-15-23-21-10-8-9-11-26(21)32(5,6)27(23)16-29(24)34-31(22)30/h10-22H,1-9H3;6-7,10-13,16-20H,8-9,14-15H2,1-5H3;10-20H,8-9H2,1-7H3;8-18H,1-7H3/q4*+1. The van der Waals surface area contributed by atoms with Gasteiger partial charge in [-0.15, -0.1) is 0 Å². The molecular weight excluding hydrogens is 1750 g/mol. The molecule has 0 N–H and O–H groups in total. The number of benzene rings is 12. The Kier molecular flexibility index (Phi) is 23.3. The predicted molar refractivity (Wildman–Crippen MR) is 601 cm³/mol. The molecule has 20 aromatic rings. The van der Waals surface area contributed by atoms with Crippen LogP contribution in [0.15, 0.2) is 261 Å². The van der Waals surface area contributed by atoms with Crippen LogP contribution in [-0.2, 0) is 49.9 Å². The second-order valence-electron chi connectivity index (χ2n) is 45.8. The third-order valence-electron chi connectivity index (χ3n) is 35.2. The second kappa shape index (κ2) is 35.2. The molecule has 8 heteroatoms. The number of hydrogen-bond donors (Lipinski definition) is 0. The van der Waals surface area contributed by atoms with Crippen molar-refractivity contribution < 1.29 is 35.9 Å². The molecular formula is C136H142N4O4+4. The summed E-state index contributed by atoms with van der Waals surface area (Å²) in [5.74, 6) is 2.91. The van der Waals surface area contributed by atoms with Crippen molar-refractivity contribution in [2.45, 2.75) is 250 Å². The minimum atomic E-state index is -0.0337. The van der Waals surface area contributed by atoms with E-state index in [-0.39, 0.29) is 21.7 Å². The molecule has 144 heavy (non-hydrogen) atoms. The molecule has 8 nitrogen and oxygen atoms in total. The van der Waals surface area contributed by atoms with E-state index in [0.29, 0.717) is 35.5 Å². The summed E-state index contributed by atoms with van der Waals surface area (Å²) < 4.78 is 36.2. The fourth-order valence-electron chi connectivity index (χ4n) is 27.9. The van der Waals surface area contributed by atoms with Crippen molar-refractivity contribution in [2.75, 3.05) is 0 Å².